The normalized spacial score (nSPS) is 11.8. The Kier molecular flexibility index (Phi) is 6.87. The number of hydrogen-bond acceptors (Lipinski definition) is 4. The predicted molar refractivity (Wildman–Crippen MR) is 79.1 cm³/mol. The molecule has 0 heterocycles. The van der Waals surface area contributed by atoms with Gasteiger partial charge in [-0.25, -0.2) is 0 Å². The Labute approximate surface area is 120 Å². The van der Waals surface area contributed by atoms with Crippen molar-refractivity contribution in [3.8, 4) is 11.5 Å². The van der Waals surface area contributed by atoms with Crippen molar-refractivity contribution < 1.29 is 14.3 Å². The van der Waals surface area contributed by atoms with Crippen LogP contribution in [0.5, 0.6) is 11.5 Å². The van der Waals surface area contributed by atoms with Crippen LogP contribution in [0.4, 0.5) is 0 Å². The number of amides is 1. The molecule has 0 aliphatic heterocycles. The van der Waals surface area contributed by atoms with E-state index < -0.39 is 0 Å². The van der Waals surface area contributed by atoms with Crippen molar-refractivity contribution >= 4 is 5.91 Å². The molecule has 0 bridgehead atoms. The second kappa shape index (κ2) is 8.43. The topological polar surface area (TPSA) is 59.6 Å². The second-order valence-electron chi connectivity index (χ2n) is 4.68. The van der Waals surface area contributed by atoms with Gasteiger partial charge in [0.05, 0.1) is 7.11 Å². The van der Waals surface area contributed by atoms with Crippen LogP contribution < -0.4 is 20.1 Å². The summed E-state index contributed by atoms with van der Waals surface area (Å²) in [4.78, 5) is 11.7. The molecule has 20 heavy (non-hydrogen) atoms. The van der Waals surface area contributed by atoms with E-state index in [1.807, 2.05) is 39.1 Å². The number of hydrogen-bond donors (Lipinski definition) is 2. The van der Waals surface area contributed by atoms with Gasteiger partial charge in [0, 0.05) is 12.6 Å². The lowest BCUT2D eigenvalue weighted by atomic mass is 10.2. The summed E-state index contributed by atoms with van der Waals surface area (Å²) in [5.41, 5.74) is 1.10. The molecule has 2 N–H and O–H groups in total. The number of benzene rings is 1. The van der Waals surface area contributed by atoms with Crippen molar-refractivity contribution in [1.82, 2.24) is 10.6 Å². The quantitative estimate of drug-likeness (QED) is 0.761. The smallest absolute Gasteiger partial charge is 0.258 e. The van der Waals surface area contributed by atoms with Gasteiger partial charge in [0.1, 0.15) is 0 Å². The summed E-state index contributed by atoms with van der Waals surface area (Å²) in [5.74, 6) is 1.08. The summed E-state index contributed by atoms with van der Waals surface area (Å²) in [5, 5.41) is 5.93. The molecule has 1 rings (SSSR count). The lowest BCUT2D eigenvalue weighted by molar-refractivity contribution is -0.123. The number of carbonyl (C=O) groups excluding carboxylic acids is 1. The average molecular weight is 280 g/mol. The third kappa shape index (κ3) is 5.09. The summed E-state index contributed by atoms with van der Waals surface area (Å²) in [7, 11) is 3.47. The van der Waals surface area contributed by atoms with Gasteiger partial charge >= 0.3 is 0 Å². The summed E-state index contributed by atoms with van der Waals surface area (Å²) in [6.07, 6.45) is 0.897. The van der Waals surface area contributed by atoms with Crippen LogP contribution in [0.25, 0.3) is 0 Å². The van der Waals surface area contributed by atoms with E-state index in [4.69, 9.17) is 9.47 Å². The highest BCUT2D eigenvalue weighted by atomic mass is 16.5. The molecule has 1 aromatic carbocycles. The predicted octanol–water partition coefficient (Wildman–Crippen LogP) is 1.71. The standard InChI is InChI=1S/C15H24N2O3/c1-5-11(2)17-15(18)10-20-13-7-6-12(9-16-3)8-14(13)19-4/h6-8,11,16H,5,9-10H2,1-4H3,(H,17,18). The van der Waals surface area contributed by atoms with Gasteiger partial charge in [-0.05, 0) is 38.1 Å². The maximum atomic E-state index is 11.7. The first-order valence-corrected chi connectivity index (χ1v) is 6.84. The second-order valence-corrected chi connectivity index (χ2v) is 4.68. The molecule has 1 amide bonds. The first-order chi connectivity index (χ1) is 9.60. The molecule has 0 aliphatic rings. The molecule has 0 saturated carbocycles. The van der Waals surface area contributed by atoms with Crippen molar-refractivity contribution in [2.45, 2.75) is 32.9 Å². The molecule has 0 aliphatic carbocycles. The maximum absolute atomic E-state index is 11.7. The van der Waals surface area contributed by atoms with Crippen molar-refractivity contribution in [2.75, 3.05) is 20.8 Å². The highest BCUT2D eigenvalue weighted by molar-refractivity contribution is 5.77. The van der Waals surface area contributed by atoms with Crippen LogP contribution >= 0.6 is 0 Å². The number of carbonyl (C=O) groups is 1. The van der Waals surface area contributed by atoms with Crippen LogP contribution in [0.3, 0.4) is 0 Å². The highest BCUT2D eigenvalue weighted by Crippen LogP contribution is 2.27. The van der Waals surface area contributed by atoms with Gasteiger partial charge in [0.15, 0.2) is 18.1 Å². The molecule has 0 radical (unpaired) electrons. The van der Waals surface area contributed by atoms with E-state index in [9.17, 15) is 4.79 Å². The maximum Gasteiger partial charge on any atom is 0.258 e. The molecule has 0 saturated heterocycles. The van der Waals surface area contributed by atoms with Crippen molar-refractivity contribution in [3.05, 3.63) is 23.8 Å². The van der Waals surface area contributed by atoms with Crippen molar-refractivity contribution in [2.24, 2.45) is 0 Å². The fourth-order valence-corrected chi connectivity index (χ4v) is 1.71. The van der Waals surface area contributed by atoms with E-state index in [0.717, 1.165) is 18.5 Å². The Morgan fingerprint density at radius 2 is 2.10 bits per heavy atom. The number of rotatable bonds is 8. The van der Waals surface area contributed by atoms with E-state index in [1.54, 1.807) is 7.11 Å². The van der Waals surface area contributed by atoms with Gasteiger partial charge < -0.3 is 20.1 Å². The van der Waals surface area contributed by atoms with Crippen LogP contribution in [0.15, 0.2) is 18.2 Å². The lowest BCUT2D eigenvalue weighted by Gasteiger charge is -2.14. The molecule has 0 spiro atoms. The van der Waals surface area contributed by atoms with Gasteiger partial charge in [-0.1, -0.05) is 13.0 Å². The zero-order valence-corrected chi connectivity index (χ0v) is 12.7. The van der Waals surface area contributed by atoms with Crippen LogP contribution in [0, 0.1) is 0 Å². The van der Waals surface area contributed by atoms with Crippen LogP contribution in [-0.4, -0.2) is 32.7 Å². The minimum atomic E-state index is -0.124. The van der Waals surface area contributed by atoms with Gasteiger partial charge in [0.2, 0.25) is 0 Å². The Morgan fingerprint density at radius 3 is 2.70 bits per heavy atom. The number of methoxy groups -OCH3 is 1. The molecule has 112 valence electrons. The summed E-state index contributed by atoms with van der Waals surface area (Å²) in [6, 6.07) is 5.83. The van der Waals surface area contributed by atoms with E-state index in [-0.39, 0.29) is 18.6 Å². The molecule has 5 heteroatoms. The zero-order valence-electron chi connectivity index (χ0n) is 12.7. The Bertz CT molecular complexity index is 435. The third-order valence-electron chi connectivity index (χ3n) is 2.99. The minimum Gasteiger partial charge on any atom is -0.493 e. The van der Waals surface area contributed by atoms with E-state index >= 15 is 0 Å². The summed E-state index contributed by atoms with van der Waals surface area (Å²) >= 11 is 0. The van der Waals surface area contributed by atoms with Crippen molar-refractivity contribution in [3.63, 3.8) is 0 Å². The molecule has 1 atom stereocenters. The molecule has 1 unspecified atom stereocenters. The Balaban J connectivity index is 2.61. The molecule has 0 aromatic heterocycles. The zero-order chi connectivity index (χ0) is 15.0. The average Bonchev–Trinajstić information content (AvgIpc) is 2.45. The van der Waals surface area contributed by atoms with Crippen LogP contribution in [0.1, 0.15) is 25.8 Å². The fourth-order valence-electron chi connectivity index (χ4n) is 1.71. The Hall–Kier alpha value is -1.75. The van der Waals surface area contributed by atoms with E-state index in [2.05, 4.69) is 10.6 Å². The summed E-state index contributed by atoms with van der Waals surface area (Å²) in [6.45, 7) is 4.73. The van der Waals surface area contributed by atoms with Crippen LogP contribution in [-0.2, 0) is 11.3 Å². The monoisotopic (exact) mass is 280 g/mol. The Morgan fingerprint density at radius 1 is 1.35 bits per heavy atom. The van der Waals surface area contributed by atoms with E-state index in [0.29, 0.717) is 11.5 Å². The van der Waals surface area contributed by atoms with E-state index in [1.165, 1.54) is 0 Å². The van der Waals surface area contributed by atoms with Gasteiger partial charge in [0.25, 0.3) is 5.91 Å². The van der Waals surface area contributed by atoms with Gasteiger partial charge in [-0.2, -0.15) is 0 Å². The largest absolute Gasteiger partial charge is 0.493 e. The first kappa shape index (κ1) is 16.3. The molecule has 1 aromatic rings. The number of ether oxygens (including phenoxy) is 2. The van der Waals surface area contributed by atoms with Crippen molar-refractivity contribution in [1.29, 1.82) is 0 Å². The van der Waals surface area contributed by atoms with Crippen LogP contribution in [0.2, 0.25) is 0 Å². The summed E-state index contributed by atoms with van der Waals surface area (Å²) < 4.78 is 10.8. The first-order valence-electron chi connectivity index (χ1n) is 6.84. The molecule has 5 nitrogen and oxygen atoms in total. The fraction of sp³-hybridized carbons (Fsp3) is 0.533. The molecule has 0 fully saturated rings. The molecular weight excluding hydrogens is 256 g/mol. The van der Waals surface area contributed by atoms with Gasteiger partial charge in [-0.15, -0.1) is 0 Å². The minimum absolute atomic E-state index is 0.00786. The SMILES string of the molecule is CCC(C)NC(=O)COc1ccc(CNC)cc1OC. The number of nitrogens with one attached hydrogen (secondary N) is 2. The third-order valence-corrected chi connectivity index (χ3v) is 2.99. The van der Waals surface area contributed by atoms with Gasteiger partial charge in [-0.3, -0.25) is 4.79 Å². The highest BCUT2D eigenvalue weighted by Gasteiger charge is 2.10. The molecular formula is C15H24N2O3. The lowest BCUT2D eigenvalue weighted by Crippen LogP contribution is -2.35.